The van der Waals surface area contributed by atoms with Gasteiger partial charge < -0.3 is 30.2 Å². The van der Waals surface area contributed by atoms with Crippen molar-refractivity contribution in [3.05, 3.63) is 75.4 Å². The number of allylic oxidation sites excluding steroid dienone is 1. The molecule has 8 nitrogen and oxygen atoms in total. The molecule has 5 rings (SSSR count). The highest BCUT2D eigenvalue weighted by Gasteiger charge is 2.23. The number of hydrogen-bond acceptors (Lipinski definition) is 6. The average molecular weight is 556 g/mol. The predicted molar refractivity (Wildman–Crippen MR) is 168 cm³/mol. The Kier molecular flexibility index (Phi) is 9.21. The maximum Gasteiger partial charge on any atom is 0.256 e. The van der Waals surface area contributed by atoms with Crippen LogP contribution in [0.25, 0.3) is 28.8 Å². The highest BCUT2D eigenvalue weighted by atomic mass is 16.5. The third-order valence-corrected chi connectivity index (χ3v) is 8.13. The fourth-order valence-corrected chi connectivity index (χ4v) is 5.80. The van der Waals surface area contributed by atoms with Crippen LogP contribution in [0.1, 0.15) is 42.5 Å². The van der Waals surface area contributed by atoms with E-state index in [-0.39, 0.29) is 16.9 Å². The zero-order valence-corrected chi connectivity index (χ0v) is 24.2. The van der Waals surface area contributed by atoms with Gasteiger partial charge in [-0.05, 0) is 94.0 Å². The van der Waals surface area contributed by atoms with Crippen LogP contribution in [0.3, 0.4) is 0 Å². The summed E-state index contributed by atoms with van der Waals surface area (Å²) in [4.78, 5) is 29.5. The van der Waals surface area contributed by atoms with Crippen LogP contribution in [0.4, 0.5) is 5.69 Å². The zero-order chi connectivity index (χ0) is 28.8. The minimum Gasteiger partial charge on any atom is -0.485 e. The highest BCUT2D eigenvalue weighted by Crippen LogP contribution is 2.35. The molecule has 2 aromatic carbocycles. The molecule has 3 heterocycles. The lowest BCUT2D eigenvalue weighted by atomic mass is 10.1. The highest BCUT2D eigenvalue weighted by molar-refractivity contribution is 6.01. The molecule has 2 aliphatic heterocycles. The number of fused-ring (bicyclic) bond motifs is 1. The topological polar surface area (TPSA) is 87.6 Å². The van der Waals surface area contributed by atoms with E-state index >= 15 is 0 Å². The largest absolute Gasteiger partial charge is 0.485 e. The molecule has 1 saturated heterocycles. The Morgan fingerprint density at radius 3 is 2.68 bits per heavy atom. The van der Waals surface area contributed by atoms with Crippen LogP contribution in [0, 0.1) is 0 Å². The van der Waals surface area contributed by atoms with E-state index in [2.05, 4.69) is 34.5 Å². The molecule has 1 atom stereocenters. The number of pyridine rings is 1. The van der Waals surface area contributed by atoms with Crippen molar-refractivity contribution >= 4 is 40.3 Å². The number of aromatic nitrogens is 1. The number of carbonyl (C=O) groups excluding carboxylic acids is 1. The molecular formula is C33H41N5O3. The second-order valence-corrected chi connectivity index (χ2v) is 10.9. The van der Waals surface area contributed by atoms with Gasteiger partial charge in [0.05, 0.1) is 11.1 Å². The van der Waals surface area contributed by atoms with Crippen molar-refractivity contribution in [2.24, 2.45) is 0 Å². The molecule has 0 spiro atoms. The van der Waals surface area contributed by atoms with Gasteiger partial charge in [0.15, 0.2) is 5.75 Å². The zero-order valence-electron chi connectivity index (χ0n) is 24.2. The molecule has 0 saturated carbocycles. The molecular weight excluding hydrogens is 514 g/mol. The molecule has 0 radical (unpaired) electrons. The number of rotatable bonds is 10. The van der Waals surface area contributed by atoms with E-state index in [9.17, 15) is 9.59 Å². The first kappa shape index (κ1) is 28.6. The number of carbonyl (C=O) groups is 1. The first-order valence-corrected chi connectivity index (χ1v) is 14.7. The fourth-order valence-electron chi connectivity index (χ4n) is 5.80. The quantitative estimate of drug-likeness (QED) is 0.334. The maximum absolute atomic E-state index is 13.8. The Morgan fingerprint density at radius 1 is 1.10 bits per heavy atom. The van der Waals surface area contributed by atoms with E-state index in [0.717, 1.165) is 61.4 Å². The van der Waals surface area contributed by atoms with E-state index in [4.69, 9.17) is 4.74 Å². The van der Waals surface area contributed by atoms with Crippen molar-refractivity contribution in [2.45, 2.75) is 38.1 Å². The van der Waals surface area contributed by atoms with Gasteiger partial charge in [-0.3, -0.25) is 9.59 Å². The lowest BCUT2D eigenvalue weighted by Crippen LogP contribution is -2.34. The van der Waals surface area contributed by atoms with Crippen molar-refractivity contribution in [1.82, 2.24) is 20.1 Å². The molecule has 1 fully saturated rings. The van der Waals surface area contributed by atoms with Gasteiger partial charge in [0.1, 0.15) is 17.7 Å². The monoisotopic (exact) mass is 555 g/mol. The molecule has 8 heteroatoms. The first-order valence-electron chi connectivity index (χ1n) is 14.7. The Labute approximate surface area is 241 Å². The van der Waals surface area contributed by atoms with Crippen LogP contribution in [0.2, 0.25) is 0 Å². The summed E-state index contributed by atoms with van der Waals surface area (Å²) in [5.41, 5.74) is 1.83. The van der Waals surface area contributed by atoms with E-state index in [1.54, 1.807) is 12.3 Å². The molecule has 216 valence electrons. The summed E-state index contributed by atoms with van der Waals surface area (Å²) in [7, 11) is 4.08. The average Bonchev–Trinajstić information content (AvgIpc) is 3.38. The number of likely N-dealkylation sites (tertiary alicyclic amines) is 1. The van der Waals surface area contributed by atoms with Crippen LogP contribution in [-0.4, -0.2) is 68.3 Å². The molecule has 1 amide bonds. The van der Waals surface area contributed by atoms with Crippen LogP contribution >= 0.6 is 0 Å². The molecule has 0 aliphatic carbocycles. The van der Waals surface area contributed by atoms with Crippen molar-refractivity contribution in [1.29, 1.82) is 0 Å². The second-order valence-electron chi connectivity index (χ2n) is 10.9. The van der Waals surface area contributed by atoms with Gasteiger partial charge in [-0.15, -0.1) is 0 Å². The van der Waals surface area contributed by atoms with Gasteiger partial charge in [0, 0.05) is 31.0 Å². The smallest absolute Gasteiger partial charge is 0.256 e. The van der Waals surface area contributed by atoms with Crippen molar-refractivity contribution < 1.29 is 9.53 Å². The summed E-state index contributed by atoms with van der Waals surface area (Å²) >= 11 is 0. The number of ether oxygens (including phenoxy) is 1. The van der Waals surface area contributed by atoms with Gasteiger partial charge in [-0.25, -0.2) is 0 Å². The molecule has 3 aromatic rings. The van der Waals surface area contributed by atoms with Crippen LogP contribution in [0.5, 0.6) is 5.75 Å². The third-order valence-electron chi connectivity index (χ3n) is 8.13. The summed E-state index contributed by atoms with van der Waals surface area (Å²) in [6.07, 6.45) is 10.9. The second kappa shape index (κ2) is 13.2. The van der Waals surface area contributed by atoms with E-state index in [1.165, 1.54) is 6.42 Å². The van der Waals surface area contributed by atoms with Crippen LogP contribution < -0.4 is 36.6 Å². The van der Waals surface area contributed by atoms with Crippen molar-refractivity contribution in [2.75, 3.05) is 52.2 Å². The molecule has 3 N–H and O–H groups in total. The third kappa shape index (κ3) is 6.39. The minimum absolute atomic E-state index is 0.0995. The first-order chi connectivity index (χ1) is 20.0. The van der Waals surface area contributed by atoms with Gasteiger partial charge in [-0.1, -0.05) is 30.8 Å². The number of amides is 1. The summed E-state index contributed by atoms with van der Waals surface area (Å²) in [6.45, 7) is 8.02. The molecule has 0 bridgehead atoms. The van der Waals surface area contributed by atoms with E-state index in [0.29, 0.717) is 41.5 Å². The maximum atomic E-state index is 13.8. The predicted octanol–water partition coefficient (Wildman–Crippen LogP) is 2.75. The summed E-state index contributed by atoms with van der Waals surface area (Å²) in [6, 6.07) is 12.2. The minimum atomic E-state index is -0.367. The number of anilines is 1. The van der Waals surface area contributed by atoms with Crippen molar-refractivity contribution in [3.8, 4) is 5.75 Å². The number of hydrogen-bond donors (Lipinski definition) is 3. The SMILES string of the molecule is C=C1/C=c2/cccc/c2=C/COc2c(NCCCCNC)ccc3c(=O)c(C(=O)NCCC4CCCN4C)cn1c23. The summed E-state index contributed by atoms with van der Waals surface area (Å²) < 4.78 is 8.22. The van der Waals surface area contributed by atoms with Crippen LogP contribution in [-0.2, 0) is 0 Å². The normalized spacial score (nSPS) is 18.5. The number of benzene rings is 2. The fraction of sp³-hybridized carbons (Fsp3) is 0.394. The lowest BCUT2D eigenvalue weighted by Gasteiger charge is -2.21. The number of nitrogens with zero attached hydrogens (tertiary/aromatic N) is 2. The van der Waals surface area contributed by atoms with Gasteiger partial charge in [0.2, 0.25) is 5.43 Å². The summed E-state index contributed by atoms with van der Waals surface area (Å²) in [5, 5.41) is 12.1. The Balaban J connectivity index is 1.56. The summed E-state index contributed by atoms with van der Waals surface area (Å²) in [5.74, 6) is 0.212. The Bertz CT molecular complexity index is 1610. The van der Waals surface area contributed by atoms with E-state index < -0.39 is 0 Å². The molecule has 1 unspecified atom stereocenters. The van der Waals surface area contributed by atoms with Gasteiger partial charge >= 0.3 is 0 Å². The molecule has 2 aliphatic rings. The lowest BCUT2D eigenvalue weighted by molar-refractivity contribution is 0.0949. The standard InChI is InChI=1S/C33H41N5O3/c1-23-21-25-10-5-4-9-24(25)15-20-41-32-29(35-17-7-6-16-34-2)13-12-27-30(32)38(23)22-28(31(27)39)33(40)36-18-14-26-11-8-19-37(26)3/h4-5,9-10,12-13,15,21-22,26,34-35H,1,6-8,11,14,16-20H2,2-3H3,(H,36,40)/b24-15-,25-21-. The Morgan fingerprint density at radius 2 is 1.90 bits per heavy atom. The van der Waals surface area contributed by atoms with E-state index in [1.807, 2.05) is 54.1 Å². The van der Waals surface area contributed by atoms with Crippen LogP contribution in [0.15, 0.2) is 54.0 Å². The number of nitrogens with one attached hydrogen (secondary N) is 3. The van der Waals surface area contributed by atoms with Gasteiger partial charge in [0.25, 0.3) is 5.91 Å². The van der Waals surface area contributed by atoms with Crippen molar-refractivity contribution in [3.63, 3.8) is 0 Å². The molecule has 1 aromatic heterocycles. The Hall–Kier alpha value is -3.88. The number of unbranched alkanes of at least 4 members (excludes halogenated alkanes) is 1. The molecule has 41 heavy (non-hydrogen) atoms. The van der Waals surface area contributed by atoms with Gasteiger partial charge in [-0.2, -0.15) is 0 Å².